The second kappa shape index (κ2) is 7.60. The molecule has 0 radical (unpaired) electrons. The zero-order valence-corrected chi connectivity index (χ0v) is 16.7. The Labute approximate surface area is 170 Å². The molecule has 0 bridgehead atoms. The van der Waals surface area contributed by atoms with Crippen LogP contribution >= 0.6 is 11.3 Å². The van der Waals surface area contributed by atoms with Crippen LogP contribution in [0.1, 0.15) is 38.2 Å². The molecule has 0 aliphatic heterocycles. The van der Waals surface area contributed by atoms with Crippen LogP contribution in [0.4, 0.5) is 10.1 Å². The molecular formula is C22H18FN3O2S. The topological polar surface area (TPSA) is 64.0 Å². The van der Waals surface area contributed by atoms with Crippen LogP contribution in [0.5, 0.6) is 0 Å². The summed E-state index contributed by atoms with van der Waals surface area (Å²) in [5.41, 5.74) is 2.99. The average molecular weight is 407 g/mol. The molecule has 5 nitrogen and oxygen atoms in total. The number of amides is 1. The predicted molar refractivity (Wildman–Crippen MR) is 112 cm³/mol. The van der Waals surface area contributed by atoms with Gasteiger partial charge in [-0.3, -0.25) is 14.3 Å². The Bertz CT molecular complexity index is 1210. The van der Waals surface area contributed by atoms with E-state index in [1.165, 1.54) is 30.4 Å². The van der Waals surface area contributed by atoms with Crippen molar-refractivity contribution < 1.29 is 14.0 Å². The van der Waals surface area contributed by atoms with E-state index in [-0.39, 0.29) is 17.5 Å². The molecule has 0 saturated carbocycles. The molecule has 1 N–H and O–H groups in total. The summed E-state index contributed by atoms with van der Waals surface area (Å²) < 4.78 is 15.0. The van der Waals surface area contributed by atoms with Gasteiger partial charge in [0.1, 0.15) is 10.6 Å². The summed E-state index contributed by atoms with van der Waals surface area (Å²) in [5.74, 6) is -0.509. The first kappa shape index (κ1) is 19.0. The Balaban J connectivity index is 1.57. The van der Waals surface area contributed by atoms with Gasteiger partial charge in [-0.1, -0.05) is 12.1 Å². The van der Waals surface area contributed by atoms with Gasteiger partial charge in [0, 0.05) is 16.6 Å². The monoisotopic (exact) mass is 407 g/mol. The number of rotatable bonds is 5. The van der Waals surface area contributed by atoms with Gasteiger partial charge in [0.2, 0.25) is 0 Å². The smallest absolute Gasteiger partial charge is 0.265 e. The van der Waals surface area contributed by atoms with Gasteiger partial charge in [0.15, 0.2) is 5.78 Å². The average Bonchev–Trinajstić information content (AvgIpc) is 3.26. The number of carbonyl (C=O) groups excluding carboxylic acids is 2. The molecule has 1 amide bonds. The van der Waals surface area contributed by atoms with E-state index in [1.54, 1.807) is 36.4 Å². The number of anilines is 1. The van der Waals surface area contributed by atoms with E-state index in [4.69, 9.17) is 0 Å². The summed E-state index contributed by atoms with van der Waals surface area (Å²) in [7, 11) is 0. The molecule has 0 aliphatic carbocycles. The molecular weight excluding hydrogens is 389 g/mol. The fourth-order valence-corrected chi connectivity index (χ4v) is 4.13. The van der Waals surface area contributed by atoms with Crippen molar-refractivity contribution in [3.63, 3.8) is 0 Å². The van der Waals surface area contributed by atoms with Gasteiger partial charge in [-0.2, -0.15) is 5.10 Å². The maximum atomic E-state index is 13.1. The molecule has 0 spiro atoms. The van der Waals surface area contributed by atoms with Gasteiger partial charge in [0.25, 0.3) is 5.91 Å². The van der Waals surface area contributed by atoms with Gasteiger partial charge in [-0.05, 0) is 61.9 Å². The Morgan fingerprint density at radius 3 is 2.45 bits per heavy atom. The lowest BCUT2D eigenvalue weighted by atomic mass is 10.1. The Hall–Kier alpha value is -3.32. The number of carbonyl (C=O) groups is 2. The number of fused-ring (bicyclic) bond motifs is 1. The third kappa shape index (κ3) is 3.95. The molecule has 0 fully saturated rings. The fourth-order valence-electron chi connectivity index (χ4n) is 3.08. The van der Waals surface area contributed by atoms with Crippen molar-refractivity contribution in [2.24, 2.45) is 0 Å². The minimum atomic E-state index is -0.276. The van der Waals surface area contributed by atoms with Gasteiger partial charge in [-0.15, -0.1) is 11.3 Å². The second-order valence-electron chi connectivity index (χ2n) is 6.79. The third-order valence-electron chi connectivity index (χ3n) is 4.63. The van der Waals surface area contributed by atoms with Crippen LogP contribution in [-0.2, 0) is 6.54 Å². The lowest BCUT2D eigenvalue weighted by molar-refractivity contribution is 0.101. The molecule has 146 valence electrons. The zero-order chi connectivity index (χ0) is 20.5. The predicted octanol–water partition coefficient (Wildman–Crippen LogP) is 5.05. The van der Waals surface area contributed by atoms with Crippen LogP contribution in [0.25, 0.3) is 10.2 Å². The number of halogens is 1. The first-order valence-electron chi connectivity index (χ1n) is 9.04. The van der Waals surface area contributed by atoms with Crippen molar-refractivity contribution >= 4 is 38.9 Å². The summed E-state index contributed by atoms with van der Waals surface area (Å²) in [6.45, 7) is 3.90. The summed E-state index contributed by atoms with van der Waals surface area (Å²) in [6.07, 6.45) is 0. The van der Waals surface area contributed by atoms with Crippen LogP contribution in [0.15, 0.2) is 54.6 Å². The molecule has 0 unspecified atom stereocenters. The highest BCUT2D eigenvalue weighted by Gasteiger charge is 2.17. The Kier molecular flexibility index (Phi) is 4.98. The summed E-state index contributed by atoms with van der Waals surface area (Å²) in [6, 6.07) is 14.9. The number of thiophene rings is 1. The summed E-state index contributed by atoms with van der Waals surface area (Å²) in [4.78, 5) is 25.5. The number of aryl methyl sites for hydroxylation is 1. The summed E-state index contributed by atoms with van der Waals surface area (Å²) >= 11 is 1.36. The third-order valence-corrected chi connectivity index (χ3v) is 5.77. The van der Waals surface area contributed by atoms with Crippen molar-refractivity contribution in [3.05, 3.63) is 82.1 Å². The number of nitrogens with one attached hydrogen (secondary N) is 1. The summed E-state index contributed by atoms with van der Waals surface area (Å²) in [5, 5.41) is 8.33. The molecule has 4 rings (SSSR count). The number of aromatic nitrogens is 2. The number of ketones is 1. The Morgan fingerprint density at radius 2 is 1.79 bits per heavy atom. The molecule has 29 heavy (non-hydrogen) atoms. The second-order valence-corrected chi connectivity index (χ2v) is 7.82. The standard InChI is InChI=1S/C22H18FN3O2S/c1-13-19-11-20(21(28)24-18-9-5-16(6-10-18)14(2)27)29-22(19)26(25-13)12-15-3-7-17(23)8-4-15/h3-11H,12H2,1-2H3,(H,24,28). The van der Waals surface area contributed by atoms with Crippen LogP contribution in [0.2, 0.25) is 0 Å². The quantitative estimate of drug-likeness (QED) is 0.471. The first-order valence-corrected chi connectivity index (χ1v) is 9.86. The van der Waals surface area contributed by atoms with Crippen LogP contribution in [-0.4, -0.2) is 21.5 Å². The maximum absolute atomic E-state index is 13.1. The maximum Gasteiger partial charge on any atom is 0.265 e. The SMILES string of the molecule is CC(=O)c1ccc(NC(=O)c2cc3c(C)nn(Cc4ccc(F)cc4)c3s2)cc1. The molecule has 2 aromatic carbocycles. The molecule has 4 aromatic rings. The van der Waals surface area contributed by atoms with E-state index in [9.17, 15) is 14.0 Å². The van der Waals surface area contributed by atoms with Crippen molar-refractivity contribution in [2.45, 2.75) is 20.4 Å². The molecule has 7 heteroatoms. The molecule has 0 atom stereocenters. The van der Waals surface area contributed by atoms with Gasteiger partial charge in [-0.25, -0.2) is 4.39 Å². The number of hydrogen-bond acceptors (Lipinski definition) is 4. The van der Waals surface area contributed by atoms with E-state index in [1.807, 2.05) is 17.7 Å². The molecule has 0 saturated heterocycles. The van der Waals surface area contributed by atoms with Crippen LogP contribution < -0.4 is 5.32 Å². The van der Waals surface area contributed by atoms with Gasteiger partial charge >= 0.3 is 0 Å². The van der Waals surface area contributed by atoms with Crippen LogP contribution in [0, 0.1) is 12.7 Å². The highest BCUT2D eigenvalue weighted by molar-refractivity contribution is 7.20. The van der Waals surface area contributed by atoms with Crippen molar-refractivity contribution in [2.75, 3.05) is 5.32 Å². The minimum Gasteiger partial charge on any atom is -0.321 e. The van der Waals surface area contributed by atoms with Gasteiger partial charge in [0.05, 0.1) is 17.1 Å². The lowest BCUT2D eigenvalue weighted by Gasteiger charge is -2.05. The van der Waals surface area contributed by atoms with E-state index in [0.29, 0.717) is 22.7 Å². The fraction of sp³-hybridized carbons (Fsp3) is 0.136. The minimum absolute atomic E-state index is 0.0198. The van der Waals surface area contributed by atoms with E-state index in [0.717, 1.165) is 21.5 Å². The normalized spacial score (nSPS) is 11.0. The van der Waals surface area contributed by atoms with Crippen molar-refractivity contribution in [3.8, 4) is 0 Å². The number of benzene rings is 2. The first-order chi connectivity index (χ1) is 13.9. The number of hydrogen-bond donors (Lipinski definition) is 1. The number of nitrogens with zero attached hydrogens (tertiary/aromatic N) is 2. The van der Waals surface area contributed by atoms with Crippen LogP contribution in [0.3, 0.4) is 0 Å². The highest BCUT2D eigenvalue weighted by Crippen LogP contribution is 2.29. The van der Waals surface area contributed by atoms with Crippen molar-refractivity contribution in [1.82, 2.24) is 9.78 Å². The van der Waals surface area contributed by atoms with Crippen molar-refractivity contribution in [1.29, 1.82) is 0 Å². The largest absolute Gasteiger partial charge is 0.321 e. The van der Waals surface area contributed by atoms with E-state index < -0.39 is 0 Å². The van der Waals surface area contributed by atoms with E-state index in [2.05, 4.69) is 10.4 Å². The zero-order valence-electron chi connectivity index (χ0n) is 15.9. The molecule has 0 aliphatic rings. The molecule has 2 heterocycles. The Morgan fingerprint density at radius 1 is 1.10 bits per heavy atom. The number of Topliss-reactive ketones (excluding diaryl/α,β-unsaturated/α-hetero) is 1. The van der Waals surface area contributed by atoms with E-state index >= 15 is 0 Å². The van der Waals surface area contributed by atoms with Gasteiger partial charge < -0.3 is 5.32 Å². The molecule has 2 aromatic heterocycles. The lowest BCUT2D eigenvalue weighted by Crippen LogP contribution is -2.10. The highest BCUT2D eigenvalue weighted by atomic mass is 32.1.